The molecule has 1 aromatic carbocycles. The molecule has 0 atom stereocenters. The summed E-state index contributed by atoms with van der Waals surface area (Å²) in [6.45, 7) is 2.05. The summed E-state index contributed by atoms with van der Waals surface area (Å²) in [5.74, 6) is -0.611. The number of H-pyrrole nitrogens is 1. The molecule has 2 aromatic rings. The Bertz CT molecular complexity index is 594. The molecule has 0 saturated heterocycles. The van der Waals surface area contributed by atoms with E-state index in [9.17, 15) is 9.18 Å². The van der Waals surface area contributed by atoms with Crippen LogP contribution in [0.3, 0.4) is 0 Å². The summed E-state index contributed by atoms with van der Waals surface area (Å²) in [7, 11) is 0. The third-order valence-electron chi connectivity index (χ3n) is 2.65. The van der Waals surface area contributed by atoms with Crippen LogP contribution in [0.5, 0.6) is 0 Å². The Kier molecular flexibility index (Phi) is 3.79. The Morgan fingerprint density at radius 2 is 2.26 bits per heavy atom. The van der Waals surface area contributed by atoms with Crippen molar-refractivity contribution < 1.29 is 9.18 Å². The molecule has 0 aliphatic rings. The maximum Gasteiger partial charge on any atom is 0.256 e. The van der Waals surface area contributed by atoms with Gasteiger partial charge < -0.3 is 11.1 Å². The number of anilines is 2. The summed E-state index contributed by atoms with van der Waals surface area (Å²) in [4.78, 5) is 11.9. The van der Waals surface area contributed by atoms with E-state index < -0.39 is 11.7 Å². The first-order valence-electron chi connectivity index (χ1n) is 6.01. The Morgan fingerprint density at radius 1 is 1.47 bits per heavy atom. The molecule has 1 aromatic heterocycles. The third-order valence-corrected chi connectivity index (χ3v) is 2.65. The van der Waals surface area contributed by atoms with Crippen LogP contribution in [0.25, 0.3) is 0 Å². The van der Waals surface area contributed by atoms with Crippen molar-refractivity contribution in [2.45, 2.75) is 19.8 Å². The fraction of sp³-hybridized carbons (Fsp3) is 0.231. The van der Waals surface area contributed by atoms with Crippen LogP contribution < -0.4 is 11.1 Å². The standard InChI is InChI=1S/C13H15FN4O/c1-2-3-9-7-12(18-17-9)16-13(19)8-4-5-11(15)10(14)6-8/h4-7H,2-3,15H2,1H3,(H2,16,17,18,19). The van der Waals surface area contributed by atoms with Crippen molar-refractivity contribution in [2.24, 2.45) is 0 Å². The number of carbonyl (C=O) groups is 1. The number of hydrogen-bond acceptors (Lipinski definition) is 3. The predicted octanol–water partition coefficient (Wildman–Crippen LogP) is 2.34. The van der Waals surface area contributed by atoms with Crippen molar-refractivity contribution in [3.63, 3.8) is 0 Å². The second-order valence-electron chi connectivity index (χ2n) is 4.22. The molecule has 1 heterocycles. The number of hydrogen-bond donors (Lipinski definition) is 3. The normalized spacial score (nSPS) is 10.4. The second kappa shape index (κ2) is 5.51. The van der Waals surface area contributed by atoms with Crippen molar-refractivity contribution in [1.82, 2.24) is 10.2 Å². The molecule has 0 radical (unpaired) electrons. The van der Waals surface area contributed by atoms with Crippen LogP contribution in [-0.2, 0) is 6.42 Å². The number of rotatable bonds is 4. The lowest BCUT2D eigenvalue weighted by Gasteiger charge is -2.03. The van der Waals surface area contributed by atoms with Crippen molar-refractivity contribution in [1.29, 1.82) is 0 Å². The lowest BCUT2D eigenvalue weighted by Crippen LogP contribution is -2.12. The SMILES string of the molecule is CCCc1cc(NC(=O)c2ccc(N)c(F)c2)n[nH]1. The second-order valence-corrected chi connectivity index (χ2v) is 4.22. The minimum Gasteiger partial charge on any atom is -0.396 e. The summed E-state index contributed by atoms with van der Waals surface area (Å²) >= 11 is 0. The van der Waals surface area contributed by atoms with Crippen LogP contribution in [0.2, 0.25) is 0 Å². The quantitative estimate of drug-likeness (QED) is 0.739. The van der Waals surface area contributed by atoms with Crippen LogP contribution in [0.15, 0.2) is 24.3 Å². The van der Waals surface area contributed by atoms with Crippen molar-refractivity contribution in [2.75, 3.05) is 11.1 Å². The van der Waals surface area contributed by atoms with Crippen molar-refractivity contribution in [3.8, 4) is 0 Å². The Hall–Kier alpha value is -2.37. The van der Waals surface area contributed by atoms with Crippen LogP contribution in [-0.4, -0.2) is 16.1 Å². The average Bonchev–Trinajstić information content (AvgIpc) is 2.80. The first-order chi connectivity index (χ1) is 9.10. The zero-order valence-corrected chi connectivity index (χ0v) is 10.5. The molecule has 0 bridgehead atoms. The highest BCUT2D eigenvalue weighted by molar-refractivity contribution is 6.03. The van der Waals surface area contributed by atoms with E-state index >= 15 is 0 Å². The molecule has 2 rings (SSSR count). The number of nitrogens with zero attached hydrogens (tertiary/aromatic N) is 1. The molecule has 5 nitrogen and oxygen atoms in total. The first kappa shape index (κ1) is 13.1. The summed E-state index contributed by atoms with van der Waals surface area (Å²) in [5.41, 5.74) is 6.52. The molecule has 0 spiro atoms. The van der Waals surface area contributed by atoms with E-state index in [0.717, 1.165) is 24.6 Å². The Balaban J connectivity index is 2.09. The number of amides is 1. The average molecular weight is 262 g/mol. The first-order valence-corrected chi connectivity index (χ1v) is 6.01. The fourth-order valence-corrected chi connectivity index (χ4v) is 1.68. The van der Waals surface area contributed by atoms with Crippen LogP contribution in [0, 0.1) is 5.82 Å². The summed E-state index contributed by atoms with van der Waals surface area (Å²) in [5, 5.41) is 9.38. The number of halogens is 1. The van der Waals surface area contributed by atoms with E-state index in [1.54, 1.807) is 6.07 Å². The summed E-state index contributed by atoms with van der Waals surface area (Å²) in [6.07, 6.45) is 1.85. The van der Waals surface area contributed by atoms with Gasteiger partial charge in [-0.3, -0.25) is 9.89 Å². The van der Waals surface area contributed by atoms with Gasteiger partial charge in [0.05, 0.1) is 5.69 Å². The minimum atomic E-state index is -0.610. The molecule has 4 N–H and O–H groups in total. The van der Waals surface area contributed by atoms with E-state index in [0.29, 0.717) is 5.82 Å². The highest BCUT2D eigenvalue weighted by Crippen LogP contribution is 2.14. The number of benzene rings is 1. The van der Waals surface area contributed by atoms with Gasteiger partial charge in [0.25, 0.3) is 5.91 Å². The maximum absolute atomic E-state index is 13.3. The number of nitrogen functional groups attached to an aromatic ring is 1. The highest BCUT2D eigenvalue weighted by Gasteiger charge is 2.10. The molecule has 0 aliphatic carbocycles. The van der Waals surface area contributed by atoms with Gasteiger partial charge in [0.2, 0.25) is 0 Å². The van der Waals surface area contributed by atoms with Gasteiger partial charge in [-0.05, 0) is 24.6 Å². The number of aryl methyl sites for hydroxylation is 1. The van der Waals surface area contributed by atoms with Crippen LogP contribution in [0.4, 0.5) is 15.9 Å². The van der Waals surface area contributed by atoms with Crippen LogP contribution >= 0.6 is 0 Å². The van der Waals surface area contributed by atoms with Gasteiger partial charge in [-0.25, -0.2) is 4.39 Å². The molecule has 0 fully saturated rings. The molecule has 0 saturated carbocycles. The molecule has 6 heteroatoms. The number of nitrogens with one attached hydrogen (secondary N) is 2. The zero-order chi connectivity index (χ0) is 13.8. The number of nitrogens with two attached hydrogens (primary N) is 1. The van der Waals surface area contributed by atoms with E-state index in [2.05, 4.69) is 22.4 Å². The van der Waals surface area contributed by atoms with Gasteiger partial charge in [0.15, 0.2) is 5.82 Å². The summed E-state index contributed by atoms with van der Waals surface area (Å²) in [6, 6.07) is 5.68. The largest absolute Gasteiger partial charge is 0.396 e. The molecule has 19 heavy (non-hydrogen) atoms. The third kappa shape index (κ3) is 3.09. The van der Waals surface area contributed by atoms with E-state index in [-0.39, 0.29) is 11.3 Å². The van der Waals surface area contributed by atoms with E-state index in [1.807, 2.05) is 0 Å². The Morgan fingerprint density at radius 3 is 2.95 bits per heavy atom. The number of carbonyl (C=O) groups excluding carboxylic acids is 1. The van der Waals surface area contributed by atoms with Gasteiger partial charge >= 0.3 is 0 Å². The molecular weight excluding hydrogens is 247 g/mol. The molecule has 0 unspecified atom stereocenters. The highest BCUT2D eigenvalue weighted by atomic mass is 19.1. The molecule has 0 aliphatic heterocycles. The smallest absolute Gasteiger partial charge is 0.256 e. The van der Waals surface area contributed by atoms with E-state index in [1.165, 1.54) is 12.1 Å². The summed E-state index contributed by atoms with van der Waals surface area (Å²) < 4.78 is 13.3. The lowest BCUT2D eigenvalue weighted by atomic mass is 10.2. The minimum absolute atomic E-state index is 0.0153. The van der Waals surface area contributed by atoms with Gasteiger partial charge in [0, 0.05) is 17.3 Å². The maximum atomic E-state index is 13.3. The zero-order valence-electron chi connectivity index (χ0n) is 10.5. The molecule has 1 amide bonds. The van der Waals surface area contributed by atoms with Crippen molar-refractivity contribution in [3.05, 3.63) is 41.3 Å². The topological polar surface area (TPSA) is 83.8 Å². The number of aromatic nitrogens is 2. The van der Waals surface area contributed by atoms with Crippen molar-refractivity contribution >= 4 is 17.4 Å². The fourth-order valence-electron chi connectivity index (χ4n) is 1.68. The molecular formula is C13H15FN4O. The monoisotopic (exact) mass is 262 g/mol. The molecule has 100 valence electrons. The van der Waals surface area contributed by atoms with Gasteiger partial charge in [0.1, 0.15) is 5.82 Å². The lowest BCUT2D eigenvalue weighted by molar-refractivity contribution is 0.102. The Labute approximate surface area is 110 Å². The van der Waals surface area contributed by atoms with E-state index in [4.69, 9.17) is 5.73 Å². The number of aromatic amines is 1. The van der Waals surface area contributed by atoms with Gasteiger partial charge in [-0.2, -0.15) is 5.10 Å². The van der Waals surface area contributed by atoms with Gasteiger partial charge in [-0.15, -0.1) is 0 Å². The van der Waals surface area contributed by atoms with Gasteiger partial charge in [-0.1, -0.05) is 13.3 Å². The van der Waals surface area contributed by atoms with Crippen LogP contribution in [0.1, 0.15) is 29.4 Å². The predicted molar refractivity (Wildman–Crippen MR) is 71.3 cm³/mol.